The summed E-state index contributed by atoms with van der Waals surface area (Å²) in [7, 11) is 1.30. The number of ether oxygens (including phenoxy) is 5. The van der Waals surface area contributed by atoms with Crippen molar-refractivity contribution >= 4 is 47.4 Å². The quantitative estimate of drug-likeness (QED) is 0.168. The van der Waals surface area contributed by atoms with Gasteiger partial charge in [-0.1, -0.05) is 0 Å². The van der Waals surface area contributed by atoms with Crippen LogP contribution in [0.5, 0.6) is 0 Å². The Balaban J connectivity index is 1.33. The van der Waals surface area contributed by atoms with E-state index in [1.807, 2.05) is 0 Å². The zero-order valence-corrected chi connectivity index (χ0v) is 25.8. The fourth-order valence-electron chi connectivity index (χ4n) is 5.06. The normalized spacial score (nSPS) is 27.8. The first-order valence-corrected chi connectivity index (χ1v) is 16.0. The van der Waals surface area contributed by atoms with Gasteiger partial charge in [-0.3, -0.25) is 33.0 Å². The molecule has 4 N–H and O–H groups in total. The Bertz CT molecular complexity index is 1730. The number of hydrogen-bond acceptors (Lipinski definition) is 16. The second kappa shape index (κ2) is 13.4. The summed E-state index contributed by atoms with van der Waals surface area (Å²) in [6.45, 7) is -2.43. The SMILES string of the molecule is COC1C(OP(O)(=S)OCC2O[C@@H](n3cnc4c(N)ncnc43)C[C@H]2OC(C)=O)C(COC(C)=O)OC1n1ccc(=O)[nH]c1=O. The summed E-state index contributed by atoms with van der Waals surface area (Å²) in [6, 6.07) is 1.11. The maximum absolute atomic E-state index is 12.5. The lowest BCUT2D eigenvalue weighted by molar-refractivity contribution is -0.150. The van der Waals surface area contributed by atoms with Crippen LogP contribution in [0, 0.1) is 0 Å². The number of aromatic amines is 1. The zero-order chi connectivity index (χ0) is 32.5. The molecule has 0 bridgehead atoms. The van der Waals surface area contributed by atoms with Gasteiger partial charge in [0.25, 0.3) is 5.56 Å². The van der Waals surface area contributed by atoms with Gasteiger partial charge in [0.15, 0.2) is 17.7 Å². The smallest absolute Gasteiger partial charge is 0.330 e. The van der Waals surface area contributed by atoms with Crippen molar-refractivity contribution in [3.63, 3.8) is 0 Å². The van der Waals surface area contributed by atoms with Crippen LogP contribution in [-0.4, -0.2) is 96.7 Å². The van der Waals surface area contributed by atoms with Crippen molar-refractivity contribution in [1.82, 2.24) is 29.1 Å². The van der Waals surface area contributed by atoms with Gasteiger partial charge in [-0.25, -0.2) is 19.7 Å². The van der Waals surface area contributed by atoms with Gasteiger partial charge in [0.2, 0.25) is 0 Å². The first kappa shape index (κ1) is 32.8. The van der Waals surface area contributed by atoms with E-state index in [1.54, 1.807) is 4.57 Å². The van der Waals surface area contributed by atoms with Crippen LogP contribution in [0.1, 0.15) is 32.7 Å². The molecule has 2 aliphatic heterocycles. The molecule has 5 rings (SSSR count). The summed E-state index contributed by atoms with van der Waals surface area (Å²) >= 11 is 5.29. The Morgan fingerprint density at radius 3 is 2.60 bits per heavy atom. The maximum Gasteiger partial charge on any atom is 0.330 e. The van der Waals surface area contributed by atoms with Crippen LogP contribution in [-0.2, 0) is 54.1 Å². The summed E-state index contributed by atoms with van der Waals surface area (Å²) < 4.78 is 42.3. The van der Waals surface area contributed by atoms with Gasteiger partial charge >= 0.3 is 24.3 Å². The van der Waals surface area contributed by atoms with E-state index in [4.69, 9.17) is 50.3 Å². The number of hydrogen-bond donors (Lipinski definition) is 3. The highest BCUT2D eigenvalue weighted by Crippen LogP contribution is 2.50. The van der Waals surface area contributed by atoms with Crippen LogP contribution < -0.4 is 17.0 Å². The molecule has 0 saturated carbocycles. The fraction of sp³-hybridized carbons (Fsp3) is 0.542. The molecule has 8 atom stereocenters. The number of rotatable bonds is 11. The number of imidazole rings is 1. The molecule has 0 spiro atoms. The number of methoxy groups -OCH3 is 1. The number of nitrogen functional groups attached to an aromatic ring is 1. The van der Waals surface area contributed by atoms with Gasteiger partial charge in [-0.15, -0.1) is 0 Å². The van der Waals surface area contributed by atoms with Crippen molar-refractivity contribution in [1.29, 1.82) is 0 Å². The van der Waals surface area contributed by atoms with Crippen molar-refractivity contribution in [2.75, 3.05) is 26.1 Å². The number of aromatic nitrogens is 6. The van der Waals surface area contributed by atoms with E-state index >= 15 is 0 Å². The molecule has 19 nitrogen and oxygen atoms in total. The Hall–Kier alpha value is -3.62. The Morgan fingerprint density at radius 2 is 1.91 bits per heavy atom. The number of carbonyl (C=O) groups is 2. The molecule has 45 heavy (non-hydrogen) atoms. The molecule has 5 heterocycles. The summed E-state index contributed by atoms with van der Waals surface area (Å²) in [6.07, 6.45) is -2.85. The van der Waals surface area contributed by atoms with Crippen molar-refractivity contribution < 1.29 is 47.2 Å². The number of H-pyrrole nitrogens is 1. The third-order valence-electron chi connectivity index (χ3n) is 6.99. The van der Waals surface area contributed by atoms with Gasteiger partial charge in [-0.2, -0.15) is 0 Å². The van der Waals surface area contributed by atoms with Crippen LogP contribution in [0.3, 0.4) is 0 Å². The number of esters is 2. The number of nitrogens with two attached hydrogens (primary N) is 1. The van der Waals surface area contributed by atoms with E-state index in [1.165, 1.54) is 39.8 Å². The highest BCUT2D eigenvalue weighted by atomic mass is 32.5. The lowest BCUT2D eigenvalue weighted by Gasteiger charge is -2.28. The molecule has 21 heteroatoms. The fourth-order valence-corrected chi connectivity index (χ4v) is 6.50. The Morgan fingerprint density at radius 1 is 1.13 bits per heavy atom. The standard InChI is InChI=1S/C24H30N7O12PS/c1-11(32)38-7-15-19(20(37-3)23(42-15)30-5-4-16(34)29-24(30)35)43-44(36,45)39-8-14-13(40-12(2)33)6-17(41-14)31-10-28-18-21(25)26-9-27-22(18)31/h4-5,9-10,13-15,17,19-20,23H,6-8H2,1-3H3,(H,36,45)(H2,25,26,27)(H,29,34,35)/t13-,14?,15?,17-,19?,20?,23?,44?/m1/s1. The molecular weight excluding hydrogens is 641 g/mol. The van der Waals surface area contributed by atoms with Crippen LogP contribution in [0.25, 0.3) is 11.2 Å². The molecule has 0 aromatic carbocycles. The number of fused-ring (bicyclic) bond motifs is 1. The highest BCUT2D eigenvalue weighted by Gasteiger charge is 2.50. The number of nitrogens with zero attached hydrogens (tertiary/aromatic N) is 5. The minimum atomic E-state index is -4.14. The molecule has 3 aromatic heterocycles. The molecule has 6 unspecified atom stereocenters. The van der Waals surface area contributed by atoms with E-state index in [0.717, 1.165) is 10.6 Å². The molecule has 2 saturated heterocycles. The summed E-state index contributed by atoms with van der Waals surface area (Å²) in [5, 5.41) is 0. The topological polar surface area (TPSA) is 243 Å². The average molecular weight is 672 g/mol. The lowest BCUT2D eigenvalue weighted by atomic mass is 10.1. The molecule has 0 radical (unpaired) electrons. The van der Waals surface area contributed by atoms with Crippen LogP contribution in [0.15, 0.2) is 34.5 Å². The third-order valence-corrected chi connectivity index (χ3v) is 8.55. The van der Waals surface area contributed by atoms with Gasteiger partial charge in [0.1, 0.15) is 55.2 Å². The lowest BCUT2D eigenvalue weighted by Crippen LogP contribution is -2.40. The highest BCUT2D eigenvalue weighted by molar-refractivity contribution is 8.07. The number of nitrogens with one attached hydrogen (secondary N) is 1. The van der Waals surface area contributed by atoms with Crippen molar-refractivity contribution in [3.05, 3.63) is 45.8 Å². The molecule has 2 aliphatic rings. The monoisotopic (exact) mass is 671 g/mol. The Labute approximate surface area is 258 Å². The Kier molecular flexibility index (Phi) is 9.75. The van der Waals surface area contributed by atoms with Crippen LogP contribution >= 0.6 is 6.72 Å². The summed E-state index contributed by atoms with van der Waals surface area (Å²) in [4.78, 5) is 73.1. The van der Waals surface area contributed by atoms with Gasteiger partial charge in [0, 0.05) is 39.6 Å². The molecule has 3 aromatic rings. The average Bonchev–Trinajstić information content (AvgIpc) is 3.66. The zero-order valence-electron chi connectivity index (χ0n) is 24.1. The van der Waals surface area contributed by atoms with Crippen molar-refractivity contribution in [2.24, 2.45) is 0 Å². The molecule has 0 aliphatic carbocycles. The van der Waals surface area contributed by atoms with Gasteiger partial charge in [-0.05, 0) is 11.8 Å². The third kappa shape index (κ3) is 7.28. The number of carbonyl (C=O) groups excluding carboxylic acids is 2. The second-order valence-electron chi connectivity index (χ2n) is 10.0. The molecular formula is C24H30N7O12PS. The molecule has 2 fully saturated rings. The van der Waals surface area contributed by atoms with E-state index in [9.17, 15) is 24.1 Å². The molecule has 244 valence electrons. The van der Waals surface area contributed by atoms with E-state index in [-0.39, 0.29) is 25.5 Å². The van der Waals surface area contributed by atoms with Crippen LogP contribution in [0.4, 0.5) is 5.82 Å². The maximum atomic E-state index is 12.5. The van der Waals surface area contributed by atoms with E-state index in [0.29, 0.717) is 11.2 Å². The van der Waals surface area contributed by atoms with Crippen molar-refractivity contribution in [3.8, 4) is 0 Å². The number of anilines is 1. The first-order chi connectivity index (χ1) is 21.4. The van der Waals surface area contributed by atoms with E-state index in [2.05, 4.69) is 19.9 Å². The minimum Gasteiger partial charge on any atom is -0.463 e. The molecule has 0 amide bonds. The van der Waals surface area contributed by atoms with E-state index < -0.39 is 72.9 Å². The van der Waals surface area contributed by atoms with Crippen molar-refractivity contribution in [2.45, 2.75) is 63.2 Å². The largest absolute Gasteiger partial charge is 0.463 e. The second-order valence-corrected chi connectivity index (χ2v) is 12.8. The first-order valence-electron chi connectivity index (χ1n) is 13.4. The predicted molar refractivity (Wildman–Crippen MR) is 154 cm³/mol. The minimum absolute atomic E-state index is 0.177. The predicted octanol–water partition coefficient (Wildman–Crippen LogP) is -0.728. The summed E-state index contributed by atoms with van der Waals surface area (Å²) in [5.41, 5.74) is 5.22. The van der Waals surface area contributed by atoms with Crippen LogP contribution in [0.2, 0.25) is 0 Å². The summed E-state index contributed by atoms with van der Waals surface area (Å²) in [5.74, 6) is -1.02. The van der Waals surface area contributed by atoms with Gasteiger partial charge < -0.3 is 38.8 Å². The van der Waals surface area contributed by atoms with Gasteiger partial charge in [0.05, 0.1) is 12.9 Å².